The van der Waals surface area contributed by atoms with Crippen LogP contribution in [0.15, 0.2) is 24.3 Å². The van der Waals surface area contributed by atoms with Gasteiger partial charge in [0.25, 0.3) is 0 Å². The lowest BCUT2D eigenvalue weighted by Gasteiger charge is -2.05. The SMILES string of the molecule is Nc1cccc(COP(=O)(O)O)c1. The summed E-state index contributed by atoms with van der Waals surface area (Å²) in [5.74, 6) is 0. The number of anilines is 1. The van der Waals surface area contributed by atoms with Crippen LogP contribution in [0.5, 0.6) is 0 Å². The Morgan fingerprint density at radius 1 is 1.46 bits per heavy atom. The second-order valence-corrected chi connectivity index (χ2v) is 3.75. The zero-order chi connectivity index (χ0) is 9.90. The van der Waals surface area contributed by atoms with Crippen LogP contribution in [-0.4, -0.2) is 9.79 Å². The van der Waals surface area contributed by atoms with Gasteiger partial charge in [0, 0.05) is 5.69 Å². The maximum atomic E-state index is 10.3. The molecule has 0 aliphatic carbocycles. The molecule has 72 valence electrons. The second-order valence-electron chi connectivity index (χ2n) is 2.51. The minimum atomic E-state index is -4.39. The topological polar surface area (TPSA) is 92.8 Å². The first-order chi connectivity index (χ1) is 5.97. The molecule has 1 aromatic rings. The Balaban J connectivity index is 2.60. The van der Waals surface area contributed by atoms with E-state index >= 15 is 0 Å². The standard InChI is InChI=1S/C7H10NO4P/c8-7-3-1-2-6(4-7)5-12-13(9,10)11/h1-4H,5,8H2,(H2,9,10,11). The van der Waals surface area contributed by atoms with E-state index in [4.69, 9.17) is 15.5 Å². The van der Waals surface area contributed by atoms with Crippen molar-refractivity contribution in [3.8, 4) is 0 Å². The van der Waals surface area contributed by atoms with Gasteiger partial charge in [-0.15, -0.1) is 0 Å². The molecular formula is C7H10NO4P. The van der Waals surface area contributed by atoms with Gasteiger partial charge in [0.05, 0.1) is 6.61 Å². The molecule has 0 aromatic heterocycles. The molecule has 0 amide bonds. The van der Waals surface area contributed by atoms with Crippen LogP contribution in [0.25, 0.3) is 0 Å². The Morgan fingerprint density at radius 3 is 2.69 bits per heavy atom. The normalized spacial score (nSPS) is 11.5. The molecule has 5 nitrogen and oxygen atoms in total. The summed E-state index contributed by atoms with van der Waals surface area (Å²) >= 11 is 0. The molecule has 1 rings (SSSR count). The molecule has 4 N–H and O–H groups in total. The molecule has 0 radical (unpaired) electrons. The number of phosphoric acid groups is 1. The number of rotatable bonds is 3. The van der Waals surface area contributed by atoms with Gasteiger partial charge in [-0.25, -0.2) is 4.57 Å². The third kappa shape index (κ3) is 4.05. The van der Waals surface area contributed by atoms with Crippen molar-refractivity contribution in [1.29, 1.82) is 0 Å². The second kappa shape index (κ2) is 3.89. The van der Waals surface area contributed by atoms with E-state index in [2.05, 4.69) is 4.52 Å². The van der Waals surface area contributed by atoms with Crippen LogP contribution in [0, 0.1) is 0 Å². The molecule has 0 saturated heterocycles. The van der Waals surface area contributed by atoms with Crippen LogP contribution in [-0.2, 0) is 15.7 Å². The molecule has 0 saturated carbocycles. The van der Waals surface area contributed by atoms with E-state index in [1.54, 1.807) is 24.3 Å². The summed E-state index contributed by atoms with van der Waals surface area (Å²) in [6.45, 7) is -0.144. The van der Waals surface area contributed by atoms with E-state index in [9.17, 15) is 4.57 Å². The van der Waals surface area contributed by atoms with Crippen LogP contribution < -0.4 is 5.73 Å². The van der Waals surface area contributed by atoms with Crippen molar-refractivity contribution in [2.45, 2.75) is 6.61 Å². The highest BCUT2D eigenvalue weighted by molar-refractivity contribution is 7.46. The first-order valence-corrected chi connectivity index (χ1v) is 5.05. The molecule has 1 aromatic carbocycles. The summed E-state index contributed by atoms with van der Waals surface area (Å²) < 4.78 is 14.6. The molecule has 0 heterocycles. The Morgan fingerprint density at radius 2 is 2.15 bits per heavy atom. The number of hydrogen-bond acceptors (Lipinski definition) is 3. The Labute approximate surface area is 75.4 Å². The Bertz CT molecular complexity index is 335. The minimum absolute atomic E-state index is 0.144. The highest BCUT2D eigenvalue weighted by atomic mass is 31.2. The molecule has 0 fully saturated rings. The minimum Gasteiger partial charge on any atom is -0.399 e. The van der Waals surface area contributed by atoms with Crippen molar-refractivity contribution < 1.29 is 18.9 Å². The molecule has 6 heteroatoms. The van der Waals surface area contributed by atoms with Gasteiger partial charge in [0.15, 0.2) is 0 Å². The molecule has 0 atom stereocenters. The van der Waals surface area contributed by atoms with Crippen molar-refractivity contribution >= 4 is 13.5 Å². The largest absolute Gasteiger partial charge is 0.469 e. The molecular weight excluding hydrogens is 193 g/mol. The average Bonchev–Trinajstić information content (AvgIpc) is 2.00. The summed E-state index contributed by atoms with van der Waals surface area (Å²) in [6.07, 6.45) is 0. The predicted octanol–water partition coefficient (Wildman–Crippen LogP) is 0.878. The molecule has 0 aliphatic rings. The number of nitrogen functional groups attached to an aromatic ring is 1. The summed E-state index contributed by atoms with van der Waals surface area (Å²) in [7, 11) is -4.39. The van der Waals surface area contributed by atoms with Crippen LogP contribution in [0.1, 0.15) is 5.56 Å². The van der Waals surface area contributed by atoms with Crippen molar-refractivity contribution in [1.82, 2.24) is 0 Å². The van der Waals surface area contributed by atoms with E-state index in [0.29, 0.717) is 11.3 Å². The highest BCUT2D eigenvalue weighted by Crippen LogP contribution is 2.36. The molecule has 0 aliphatic heterocycles. The fraction of sp³-hybridized carbons (Fsp3) is 0.143. The van der Waals surface area contributed by atoms with Gasteiger partial charge in [-0.1, -0.05) is 12.1 Å². The van der Waals surface area contributed by atoms with Crippen molar-refractivity contribution in [3.05, 3.63) is 29.8 Å². The highest BCUT2D eigenvalue weighted by Gasteiger charge is 2.13. The van der Waals surface area contributed by atoms with Crippen molar-refractivity contribution in [2.24, 2.45) is 0 Å². The van der Waals surface area contributed by atoms with Gasteiger partial charge in [0.2, 0.25) is 0 Å². The van der Waals surface area contributed by atoms with Crippen LogP contribution in [0.4, 0.5) is 5.69 Å². The van der Waals surface area contributed by atoms with Crippen LogP contribution in [0.3, 0.4) is 0 Å². The summed E-state index contributed by atoms with van der Waals surface area (Å²) in [6, 6.07) is 6.64. The van der Waals surface area contributed by atoms with Gasteiger partial charge >= 0.3 is 7.82 Å². The van der Waals surface area contributed by atoms with Crippen molar-refractivity contribution in [2.75, 3.05) is 5.73 Å². The molecule has 0 bridgehead atoms. The lowest BCUT2D eigenvalue weighted by atomic mass is 10.2. The fourth-order valence-corrected chi connectivity index (χ4v) is 1.16. The van der Waals surface area contributed by atoms with Gasteiger partial charge in [-0.3, -0.25) is 4.52 Å². The van der Waals surface area contributed by atoms with Crippen LogP contribution >= 0.6 is 7.82 Å². The molecule has 13 heavy (non-hydrogen) atoms. The zero-order valence-corrected chi connectivity index (χ0v) is 7.65. The number of benzene rings is 1. The van der Waals surface area contributed by atoms with E-state index in [0.717, 1.165) is 0 Å². The van der Waals surface area contributed by atoms with E-state index < -0.39 is 7.82 Å². The van der Waals surface area contributed by atoms with E-state index in [-0.39, 0.29) is 6.61 Å². The number of nitrogens with two attached hydrogens (primary N) is 1. The Kier molecular flexibility index (Phi) is 3.06. The molecule has 0 spiro atoms. The lowest BCUT2D eigenvalue weighted by Crippen LogP contribution is -1.92. The summed E-state index contributed by atoms with van der Waals surface area (Å²) in [5.41, 5.74) is 6.61. The monoisotopic (exact) mass is 203 g/mol. The molecule has 0 unspecified atom stereocenters. The summed E-state index contributed by atoms with van der Waals surface area (Å²) in [4.78, 5) is 16.8. The van der Waals surface area contributed by atoms with Gasteiger partial charge in [-0.05, 0) is 17.7 Å². The predicted molar refractivity (Wildman–Crippen MR) is 47.7 cm³/mol. The maximum Gasteiger partial charge on any atom is 0.469 e. The van der Waals surface area contributed by atoms with Crippen molar-refractivity contribution in [3.63, 3.8) is 0 Å². The number of phosphoric ester groups is 1. The quantitative estimate of drug-likeness (QED) is 0.500. The smallest absolute Gasteiger partial charge is 0.399 e. The third-order valence-corrected chi connectivity index (χ3v) is 1.82. The van der Waals surface area contributed by atoms with E-state index in [1.807, 2.05) is 0 Å². The zero-order valence-electron chi connectivity index (χ0n) is 6.75. The summed E-state index contributed by atoms with van der Waals surface area (Å²) in [5, 5.41) is 0. The maximum absolute atomic E-state index is 10.3. The lowest BCUT2D eigenvalue weighted by molar-refractivity contribution is 0.189. The van der Waals surface area contributed by atoms with Gasteiger partial charge < -0.3 is 15.5 Å². The van der Waals surface area contributed by atoms with E-state index in [1.165, 1.54) is 0 Å². The third-order valence-electron chi connectivity index (χ3n) is 1.35. The number of hydrogen-bond donors (Lipinski definition) is 3. The first kappa shape index (κ1) is 10.2. The fourth-order valence-electron chi connectivity index (χ4n) is 0.842. The first-order valence-electron chi connectivity index (χ1n) is 3.52. The van der Waals surface area contributed by atoms with Gasteiger partial charge in [-0.2, -0.15) is 0 Å². The van der Waals surface area contributed by atoms with Crippen LogP contribution in [0.2, 0.25) is 0 Å². The average molecular weight is 203 g/mol. The Hall–Kier alpha value is -0.870. The van der Waals surface area contributed by atoms with Gasteiger partial charge in [0.1, 0.15) is 0 Å².